The van der Waals surface area contributed by atoms with Gasteiger partial charge >= 0.3 is 0 Å². The van der Waals surface area contributed by atoms with Gasteiger partial charge in [0.25, 0.3) is 0 Å². The molecule has 0 aliphatic carbocycles. The van der Waals surface area contributed by atoms with Crippen molar-refractivity contribution in [3.8, 4) is 0 Å². The summed E-state index contributed by atoms with van der Waals surface area (Å²) in [6.45, 7) is 2.78. The second-order valence-electron chi connectivity index (χ2n) is 5.43. The summed E-state index contributed by atoms with van der Waals surface area (Å²) >= 11 is 0. The lowest BCUT2D eigenvalue weighted by molar-refractivity contribution is 0.248. The molecule has 0 spiro atoms. The van der Waals surface area contributed by atoms with E-state index in [2.05, 4.69) is 46.3 Å². The molecule has 2 heterocycles. The standard InChI is InChI=1S/C17H21N3/c18-12-14-3-1-4-15(11-14)13-20-10-2-5-17(20)16-6-8-19-9-7-16/h1,3-4,6-9,11,17H,2,5,10,12-13,18H2. The molecule has 3 heteroatoms. The van der Waals surface area contributed by atoms with Crippen molar-refractivity contribution in [2.45, 2.75) is 32.0 Å². The van der Waals surface area contributed by atoms with Crippen molar-refractivity contribution in [2.24, 2.45) is 5.73 Å². The van der Waals surface area contributed by atoms with Gasteiger partial charge in [0.15, 0.2) is 0 Å². The number of likely N-dealkylation sites (tertiary alicyclic amines) is 1. The molecule has 1 unspecified atom stereocenters. The molecule has 104 valence electrons. The number of rotatable bonds is 4. The predicted molar refractivity (Wildman–Crippen MR) is 81.0 cm³/mol. The van der Waals surface area contributed by atoms with Crippen LogP contribution in [0.5, 0.6) is 0 Å². The van der Waals surface area contributed by atoms with Crippen LogP contribution >= 0.6 is 0 Å². The molecule has 3 nitrogen and oxygen atoms in total. The summed E-state index contributed by atoms with van der Waals surface area (Å²) in [5.41, 5.74) is 9.67. The average Bonchev–Trinajstić information content (AvgIpc) is 2.96. The fourth-order valence-electron chi connectivity index (χ4n) is 3.07. The normalized spacial score (nSPS) is 19.4. The van der Waals surface area contributed by atoms with E-state index >= 15 is 0 Å². The highest BCUT2D eigenvalue weighted by molar-refractivity contribution is 5.24. The van der Waals surface area contributed by atoms with Gasteiger partial charge in [-0.15, -0.1) is 0 Å². The SMILES string of the molecule is NCc1cccc(CN2CCCC2c2ccncc2)c1. The van der Waals surface area contributed by atoms with Crippen molar-refractivity contribution >= 4 is 0 Å². The van der Waals surface area contributed by atoms with Crippen molar-refractivity contribution in [1.29, 1.82) is 0 Å². The molecule has 1 aliphatic heterocycles. The molecule has 1 atom stereocenters. The maximum absolute atomic E-state index is 5.72. The van der Waals surface area contributed by atoms with Crippen LogP contribution in [-0.2, 0) is 13.1 Å². The van der Waals surface area contributed by atoms with E-state index in [1.165, 1.54) is 36.1 Å². The van der Waals surface area contributed by atoms with E-state index < -0.39 is 0 Å². The summed E-state index contributed by atoms with van der Waals surface area (Å²) in [4.78, 5) is 6.68. The predicted octanol–water partition coefficient (Wildman–Crippen LogP) is 2.88. The van der Waals surface area contributed by atoms with E-state index in [1.54, 1.807) is 0 Å². The highest BCUT2D eigenvalue weighted by atomic mass is 15.2. The Morgan fingerprint density at radius 3 is 2.75 bits per heavy atom. The first-order chi connectivity index (χ1) is 9.86. The van der Waals surface area contributed by atoms with Gasteiger partial charge in [-0.05, 0) is 48.2 Å². The largest absolute Gasteiger partial charge is 0.326 e. The number of benzene rings is 1. The number of nitrogens with zero attached hydrogens (tertiary/aromatic N) is 2. The van der Waals surface area contributed by atoms with E-state index in [9.17, 15) is 0 Å². The van der Waals surface area contributed by atoms with Crippen molar-refractivity contribution in [3.63, 3.8) is 0 Å². The lowest BCUT2D eigenvalue weighted by atomic mass is 10.1. The third kappa shape index (κ3) is 2.89. The van der Waals surface area contributed by atoms with E-state index in [4.69, 9.17) is 5.73 Å². The average molecular weight is 267 g/mol. The molecular weight excluding hydrogens is 246 g/mol. The lowest BCUT2D eigenvalue weighted by Crippen LogP contribution is -2.22. The van der Waals surface area contributed by atoms with Crippen molar-refractivity contribution in [3.05, 3.63) is 65.5 Å². The Labute approximate surface area is 120 Å². The van der Waals surface area contributed by atoms with Crippen LogP contribution in [0.15, 0.2) is 48.8 Å². The number of hydrogen-bond acceptors (Lipinski definition) is 3. The Bertz CT molecular complexity index is 553. The van der Waals surface area contributed by atoms with Crippen LogP contribution in [0, 0.1) is 0 Å². The van der Waals surface area contributed by atoms with Crippen molar-refractivity contribution in [1.82, 2.24) is 9.88 Å². The summed E-state index contributed by atoms with van der Waals surface area (Å²) in [7, 11) is 0. The number of pyridine rings is 1. The van der Waals surface area contributed by atoms with Gasteiger partial charge < -0.3 is 5.73 Å². The minimum atomic E-state index is 0.527. The van der Waals surface area contributed by atoms with Crippen LogP contribution in [0.25, 0.3) is 0 Å². The Hall–Kier alpha value is -1.71. The van der Waals surface area contributed by atoms with Gasteiger partial charge in [0, 0.05) is 31.5 Å². The maximum Gasteiger partial charge on any atom is 0.0353 e. The minimum absolute atomic E-state index is 0.527. The Kier molecular flexibility index (Phi) is 4.09. The molecule has 0 amide bonds. The molecule has 1 aliphatic rings. The van der Waals surface area contributed by atoms with Crippen LogP contribution in [0.3, 0.4) is 0 Å². The van der Waals surface area contributed by atoms with Gasteiger partial charge in [-0.3, -0.25) is 9.88 Å². The van der Waals surface area contributed by atoms with Crippen LogP contribution in [0.2, 0.25) is 0 Å². The first-order valence-corrected chi connectivity index (χ1v) is 7.28. The number of nitrogens with two attached hydrogens (primary N) is 1. The van der Waals surface area contributed by atoms with Crippen molar-refractivity contribution < 1.29 is 0 Å². The summed E-state index contributed by atoms with van der Waals surface area (Å²) in [6, 6.07) is 13.4. The van der Waals surface area contributed by atoms with Gasteiger partial charge in [-0.2, -0.15) is 0 Å². The molecule has 1 saturated heterocycles. The molecule has 1 aromatic heterocycles. The number of aromatic nitrogens is 1. The van der Waals surface area contributed by atoms with Crippen molar-refractivity contribution in [2.75, 3.05) is 6.54 Å². The minimum Gasteiger partial charge on any atom is -0.326 e. The van der Waals surface area contributed by atoms with Crippen LogP contribution in [0.1, 0.15) is 35.6 Å². The zero-order valence-corrected chi connectivity index (χ0v) is 11.7. The monoisotopic (exact) mass is 267 g/mol. The maximum atomic E-state index is 5.72. The quantitative estimate of drug-likeness (QED) is 0.926. The fourth-order valence-corrected chi connectivity index (χ4v) is 3.07. The molecule has 0 radical (unpaired) electrons. The van der Waals surface area contributed by atoms with Gasteiger partial charge in [0.2, 0.25) is 0 Å². The van der Waals surface area contributed by atoms with Gasteiger partial charge in [-0.25, -0.2) is 0 Å². The highest BCUT2D eigenvalue weighted by Crippen LogP contribution is 2.32. The molecule has 2 aromatic rings. The second kappa shape index (κ2) is 6.16. The smallest absolute Gasteiger partial charge is 0.0353 e. The second-order valence-corrected chi connectivity index (χ2v) is 5.43. The first-order valence-electron chi connectivity index (χ1n) is 7.28. The van der Waals surface area contributed by atoms with E-state index in [-0.39, 0.29) is 0 Å². The molecule has 3 rings (SSSR count). The summed E-state index contributed by atoms with van der Waals surface area (Å²) < 4.78 is 0. The molecule has 1 aromatic carbocycles. The molecule has 20 heavy (non-hydrogen) atoms. The number of hydrogen-bond donors (Lipinski definition) is 1. The van der Waals surface area contributed by atoms with Crippen LogP contribution in [0.4, 0.5) is 0 Å². The lowest BCUT2D eigenvalue weighted by Gasteiger charge is -2.25. The van der Waals surface area contributed by atoms with Crippen LogP contribution in [-0.4, -0.2) is 16.4 Å². The van der Waals surface area contributed by atoms with E-state index in [0.717, 1.165) is 6.54 Å². The summed E-state index contributed by atoms with van der Waals surface area (Å²) in [5.74, 6) is 0. The molecule has 1 fully saturated rings. The van der Waals surface area contributed by atoms with E-state index in [0.29, 0.717) is 12.6 Å². The molecule has 2 N–H and O–H groups in total. The first kappa shape index (κ1) is 13.3. The third-order valence-electron chi connectivity index (χ3n) is 4.07. The summed E-state index contributed by atoms with van der Waals surface area (Å²) in [5, 5.41) is 0. The third-order valence-corrected chi connectivity index (χ3v) is 4.07. The zero-order chi connectivity index (χ0) is 13.8. The van der Waals surface area contributed by atoms with Gasteiger partial charge in [0.05, 0.1) is 0 Å². The Morgan fingerprint density at radius 2 is 1.95 bits per heavy atom. The van der Waals surface area contributed by atoms with Crippen LogP contribution < -0.4 is 5.73 Å². The topological polar surface area (TPSA) is 42.1 Å². The van der Waals surface area contributed by atoms with Gasteiger partial charge in [0.1, 0.15) is 0 Å². The zero-order valence-electron chi connectivity index (χ0n) is 11.7. The molecule has 0 saturated carbocycles. The Morgan fingerprint density at radius 1 is 1.15 bits per heavy atom. The fraction of sp³-hybridized carbons (Fsp3) is 0.353. The van der Waals surface area contributed by atoms with Gasteiger partial charge in [-0.1, -0.05) is 24.3 Å². The van der Waals surface area contributed by atoms with E-state index in [1.807, 2.05) is 12.4 Å². The molecular formula is C17H21N3. The Balaban J connectivity index is 1.76. The molecule has 0 bridgehead atoms. The highest BCUT2D eigenvalue weighted by Gasteiger charge is 2.25. The summed E-state index contributed by atoms with van der Waals surface area (Å²) in [6.07, 6.45) is 6.28.